The zero-order chi connectivity index (χ0) is 13.4. The van der Waals surface area contributed by atoms with Crippen molar-refractivity contribution in [1.29, 1.82) is 0 Å². The van der Waals surface area contributed by atoms with Crippen molar-refractivity contribution < 1.29 is 9.53 Å². The molecule has 0 saturated carbocycles. The molecule has 0 unspecified atom stereocenters. The molecule has 0 spiro atoms. The Hall–Kier alpha value is -1.81. The summed E-state index contributed by atoms with van der Waals surface area (Å²) < 4.78 is 6.35. The molecule has 0 radical (unpaired) electrons. The third-order valence-electron chi connectivity index (χ3n) is 3.05. The van der Waals surface area contributed by atoms with Gasteiger partial charge in [-0.15, -0.1) is 0 Å². The van der Waals surface area contributed by atoms with E-state index in [1.54, 1.807) is 4.90 Å². The van der Waals surface area contributed by atoms with Crippen LogP contribution in [0, 0.1) is 6.92 Å². The number of rotatable bonds is 1. The van der Waals surface area contributed by atoms with Gasteiger partial charge < -0.3 is 4.74 Å². The van der Waals surface area contributed by atoms with Crippen LogP contribution in [0.4, 0.5) is 11.4 Å². The largest absolute Gasteiger partial charge is 0.482 e. The fourth-order valence-electron chi connectivity index (χ4n) is 2.16. The van der Waals surface area contributed by atoms with E-state index in [0.29, 0.717) is 0 Å². The fourth-order valence-corrected chi connectivity index (χ4v) is 2.83. The Labute approximate surface area is 119 Å². The lowest BCUT2D eigenvalue weighted by Crippen LogP contribution is -2.35. The lowest BCUT2D eigenvalue weighted by atomic mass is 10.1. The molecule has 0 aromatic heterocycles. The molecule has 0 bridgehead atoms. The van der Waals surface area contributed by atoms with Gasteiger partial charge in [0.25, 0.3) is 5.91 Å². The molecule has 3 nitrogen and oxygen atoms in total. The minimum Gasteiger partial charge on any atom is -0.482 e. The van der Waals surface area contributed by atoms with E-state index in [1.807, 2.05) is 49.4 Å². The van der Waals surface area contributed by atoms with E-state index >= 15 is 0 Å². The number of ether oxygens (including phenoxy) is 1. The lowest BCUT2D eigenvalue weighted by molar-refractivity contribution is -0.120. The van der Waals surface area contributed by atoms with Crippen molar-refractivity contribution in [2.45, 2.75) is 6.92 Å². The standard InChI is InChI=1S/C15H12BrNO2/c1-10-6-7-12(11(16)8-10)17-13-4-2-3-5-14(13)19-9-15(17)18/h2-8H,9H2,1H3. The number of hydrogen-bond donors (Lipinski definition) is 0. The van der Waals surface area contributed by atoms with Gasteiger partial charge >= 0.3 is 0 Å². The first-order valence-corrected chi connectivity index (χ1v) is 6.77. The van der Waals surface area contributed by atoms with Crippen molar-refractivity contribution in [2.24, 2.45) is 0 Å². The number of aryl methyl sites for hydroxylation is 1. The van der Waals surface area contributed by atoms with Crippen LogP contribution in [-0.4, -0.2) is 12.5 Å². The molecule has 2 aromatic rings. The molecule has 96 valence electrons. The van der Waals surface area contributed by atoms with Crippen LogP contribution < -0.4 is 9.64 Å². The summed E-state index contributed by atoms with van der Waals surface area (Å²) in [6.07, 6.45) is 0. The van der Waals surface area contributed by atoms with E-state index in [0.717, 1.165) is 27.2 Å². The van der Waals surface area contributed by atoms with Gasteiger partial charge in [0.2, 0.25) is 0 Å². The Morgan fingerprint density at radius 2 is 1.95 bits per heavy atom. The number of fused-ring (bicyclic) bond motifs is 1. The van der Waals surface area contributed by atoms with E-state index in [-0.39, 0.29) is 12.5 Å². The molecule has 1 aliphatic heterocycles. The fraction of sp³-hybridized carbons (Fsp3) is 0.133. The third-order valence-corrected chi connectivity index (χ3v) is 3.69. The van der Waals surface area contributed by atoms with Crippen molar-refractivity contribution >= 4 is 33.2 Å². The number of amides is 1. The lowest BCUT2D eigenvalue weighted by Gasteiger charge is -2.30. The number of para-hydroxylation sites is 2. The molecule has 3 rings (SSSR count). The maximum Gasteiger partial charge on any atom is 0.269 e. The van der Waals surface area contributed by atoms with Gasteiger partial charge in [-0.2, -0.15) is 0 Å². The third kappa shape index (κ3) is 2.12. The molecule has 2 aromatic carbocycles. The van der Waals surface area contributed by atoms with Crippen molar-refractivity contribution in [3.8, 4) is 5.75 Å². The molecule has 1 amide bonds. The van der Waals surface area contributed by atoms with Crippen LogP contribution in [0.1, 0.15) is 5.56 Å². The topological polar surface area (TPSA) is 29.5 Å². The number of carbonyl (C=O) groups excluding carboxylic acids is 1. The quantitative estimate of drug-likeness (QED) is 0.800. The maximum absolute atomic E-state index is 12.2. The van der Waals surface area contributed by atoms with Crippen LogP contribution in [0.2, 0.25) is 0 Å². The summed E-state index contributed by atoms with van der Waals surface area (Å²) in [6, 6.07) is 13.5. The first-order valence-electron chi connectivity index (χ1n) is 5.98. The highest BCUT2D eigenvalue weighted by Gasteiger charge is 2.27. The highest BCUT2D eigenvalue weighted by atomic mass is 79.9. The average molecular weight is 318 g/mol. The monoisotopic (exact) mass is 317 g/mol. The number of anilines is 2. The number of halogens is 1. The number of hydrogen-bond acceptors (Lipinski definition) is 2. The van der Waals surface area contributed by atoms with Gasteiger partial charge in [-0.1, -0.05) is 18.2 Å². The highest BCUT2D eigenvalue weighted by molar-refractivity contribution is 9.10. The highest BCUT2D eigenvalue weighted by Crippen LogP contribution is 2.39. The van der Waals surface area contributed by atoms with Gasteiger partial charge in [-0.05, 0) is 52.7 Å². The van der Waals surface area contributed by atoms with E-state index < -0.39 is 0 Å². The Balaban J connectivity index is 2.16. The normalized spacial score (nSPS) is 14.0. The molecule has 0 saturated heterocycles. The maximum atomic E-state index is 12.2. The predicted octanol–water partition coefficient (Wildman–Crippen LogP) is 3.81. The van der Waals surface area contributed by atoms with E-state index in [4.69, 9.17) is 4.74 Å². The van der Waals surface area contributed by atoms with Crippen molar-refractivity contribution in [3.63, 3.8) is 0 Å². The van der Waals surface area contributed by atoms with Gasteiger partial charge in [0.05, 0.1) is 11.4 Å². The Morgan fingerprint density at radius 3 is 2.74 bits per heavy atom. The molecular formula is C15H12BrNO2. The molecular weight excluding hydrogens is 306 g/mol. The van der Waals surface area contributed by atoms with Crippen molar-refractivity contribution in [3.05, 3.63) is 52.5 Å². The van der Waals surface area contributed by atoms with Crippen LogP contribution in [-0.2, 0) is 4.79 Å². The van der Waals surface area contributed by atoms with Gasteiger partial charge in [-0.3, -0.25) is 9.69 Å². The van der Waals surface area contributed by atoms with Crippen LogP contribution in [0.5, 0.6) is 5.75 Å². The van der Waals surface area contributed by atoms with Crippen molar-refractivity contribution in [1.82, 2.24) is 0 Å². The second-order valence-corrected chi connectivity index (χ2v) is 5.29. The first-order chi connectivity index (χ1) is 9.16. The second kappa shape index (κ2) is 4.70. The Morgan fingerprint density at radius 1 is 1.16 bits per heavy atom. The van der Waals surface area contributed by atoms with Gasteiger partial charge in [0, 0.05) is 4.47 Å². The Kier molecular flexibility index (Phi) is 3.03. The molecule has 0 aliphatic carbocycles. The summed E-state index contributed by atoms with van der Waals surface area (Å²) in [5.41, 5.74) is 2.76. The number of benzene rings is 2. The molecule has 0 fully saturated rings. The van der Waals surface area contributed by atoms with Gasteiger partial charge in [0.1, 0.15) is 5.75 Å². The minimum absolute atomic E-state index is 0.0664. The molecule has 0 N–H and O–H groups in total. The molecule has 19 heavy (non-hydrogen) atoms. The molecule has 0 atom stereocenters. The van der Waals surface area contributed by atoms with E-state index in [2.05, 4.69) is 15.9 Å². The summed E-state index contributed by atoms with van der Waals surface area (Å²) in [6.45, 7) is 2.08. The van der Waals surface area contributed by atoms with Crippen molar-refractivity contribution in [2.75, 3.05) is 11.5 Å². The first kappa shape index (κ1) is 12.2. The summed E-state index contributed by atoms with van der Waals surface area (Å²) >= 11 is 3.53. The van der Waals surface area contributed by atoms with Gasteiger partial charge in [0.15, 0.2) is 6.61 Å². The zero-order valence-corrected chi connectivity index (χ0v) is 12.0. The summed E-state index contributed by atoms with van der Waals surface area (Å²) in [5.74, 6) is 0.665. The smallest absolute Gasteiger partial charge is 0.269 e. The molecule has 4 heteroatoms. The summed E-state index contributed by atoms with van der Waals surface area (Å²) in [5, 5.41) is 0. The molecule has 1 heterocycles. The van der Waals surface area contributed by atoms with Gasteiger partial charge in [-0.25, -0.2) is 0 Å². The number of nitrogens with zero attached hydrogens (tertiary/aromatic N) is 1. The summed E-state index contributed by atoms with van der Waals surface area (Å²) in [4.78, 5) is 13.9. The van der Waals surface area contributed by atoms with Crippen LogP contribution in [0.25, 0.3) is 0 Å². The summed E-state index contributed by atoms with van der Waals surface area (Å²) in [7, 11) is 0. The van der Waals surface area contributed by atoms with E-state index in [9.17, 15) is 4.79 Å². The predicted molar refractivity (Wildman–Crippen MR) is 78.0 cm³/mol. The zero-order valence-electron chi connectivity index (χ0n) is 10.4. The van der Waals surface area contributed by atoms with Crippen LogP contribution in [0.3, 0.4) is 0 Å². The number of carbonyl (C=O) groups is 1. The molecule has 1 aliphatic rings. The Bertz CT molecular complexity index is 654. The van der Waals surface area contributed by atoms with E-state index in [1.165, 1.54) is 0 Å². The average Bonchev–Trinajstić information content (AvgIpc) is 2.40. The van der Waals surface area contributed by atoms with Crippen LogP contribution in [0.15, 0.2) is 46.9 Å². The SMILES string of the molecule is Cc1ccc(N2C(=O)COc3ccccc32)c(Br)c1. The minimum atomic E-state index is -0.0664. The second-order valence-electron chi connectivity index (χ2n) is 4.44. The van der Waals surface area contributed by atoms with Crippen LogP contribution >= 0.6 is 15.9 Å².